The molecular weight excluding hydrogens is 420 g/mol. The number of rotatable bonds is 7. The summed E-state index contributed by atoms with van der Waals surface area (Å²) >= 11 is 0. The molecule has 4 rings (SSSR count). The summed E-state index contributed by atoms with van der Waals surface area (Å²) in [7, 11) is 4.49. The predicted molar refractivity (Wildman–Crippen MR) is 126 cm³/mol. The van der Waals surface area contributed by atoms with Crippen LogP contribution in [0.4, 0.5) is 0 Å². The van der Waals surface area contributed by atoms with E-state index in [0.717, 1.165) is 11.1 Å². The first-order chi connectivity index (χ1) is 16.1. The van der Waals surface area contributed by atoms with Crippen LogP contribution in [0.5, 0.6) is 11.5 Å². The van der Waals surface area contributed by atoms with E-state index >= 15 is 0 Å². The fourth-order valence-electron chi connectivity index (χ4n) is 4.00. The van der Waals surface area contributed by atoms with Crippen LogP contribution < -0.4 is 14.9 Å². The summed E-state index contributed by atoms with van der Waals surface area (Å²) in [6, 6.07) is 20.2. The highest BCUT2D eigenvalue weighted by Crippen LogP contribution is 2.39. The van der Waals surface area contributed by atoms with Crippen LogP contribution in [0.2, 0.25) is 0 Å². The maximum atomic E-state index is 13.4. The van der Waals surface area contributed by atoms with Crippen molar-refractivity contribution in [3.63, 3.8) is 0 Å². The van der Waals surface area contributed by atoms with Crippen molar-refractivity contribution in [1.29, 1.82) is 0 Å². The molecule has 0 unspecified atom stereocenters. The van der Waals surface area contributed by atoms with Gasteiger partial charge in [-0.15, -0.1) is 0 Å². The Balaban J connectivity index is 1.93. The molecule has 1 heterocycles. The smallest absolute Gasteiger partial charge is 0.306 e. The van der Waals surface area contributed by atoms with Crippen LogP contribution in [0.1, 0.15) is 23.5 Å². The summed E-state index contributed by atoms with van der Waals surface area (Å²) in [5, 5.41) is 0.407. The van der Waals surface area contributed by atoms with Crippen molar-refractivity contribution in [1.82, 2.24) is 0 Å². The molecule has 33 heavy (non-hydrogen) atoms. The van der Waals surface area contributed by atoms with Gasteiger partial charge in [0.05, 0.1) is 38.7 Å². The van der Waals surface area contributed by atoms with Crippen LogP contribution in [0.25, 0.3) is 22.1 Å². The molecule has 0 spiro atoms. The minimum Gasteiger partial charge on any atom is -0.497 e. The van der Waals surface area contributed by atoms with Crippen LogP contribution in [0.3, 0.4) is 0 Å². The minimum atomic E-state index is -0.424. The Bertz CT molecular complexity index is 1320. The van der Waals surface area contributed by atoms with Gasteiger partial charge in [0, 0.05) is 11.5 Å². The first-order valence-electron chi connectivity index (χ1n) is 10.5. The number of carbonyl (C=O) groups is 1. The first kappa shape index (κ1) is 22.1. The van der Waals surface area contributed by atoms with Crippen molar-refractivity contribution >= 4 is 16.9 Å². The van der Waals surface area contributed by atoms with Crippen LogP contribution in [-0.2, 0) is 9.53 Å². The van der Waals surface area contributed by atoms with E-state index in [1.165, 1.54) is 13.4 Å². The summed E-state index contributed by atoms with van der Waals surface area (Å²) in [5.74, 6) is 0.428. The van der Waals surface area contributed by atoms with Crippen LogP contribution in [0, 0.1) is 0 Å². The van der Waals surface area contributed by atoms with Crippen molar-refractivity contribution in [3.8, 4) is 22.6 Å². The lowest BCUT2D eigenvalue weighted by molar-refractivity contribution is -0.140. The van der Waals surface area contributed by atoms with Gasteiger partial charge in [0.15, 0.2) is 0 Å². The SMILES string of the molecule is COC(=O)C[C@H](c1ccccc1)c1c(OC)ccc2c(=O)c(-c3ccc(OC)cc3)coc12. The third-order valence-corrected chi connectivity index (χ3v) is 5.71. The van der Waals surface area contributed by atoms with Crippen LogP contribution >= 0.6 is 0 Å². The van der Waals surface area contributed by atoms with E-state index in [2.05, 4.69) is 0 Å². The topological polar surface area (TPSA) is 75.0 Å². The molecule has 0 aliphatic heterocycles. The lowest BCUT2D eigenvalue weighted by Gasteiger charge is -2.21. The average Bonchev–Trinajstić information content (AvgIpc) is 2.87. The summed E-state index contributed by atoms with van der Waals surface area (Å²) < 4.78 is 21.8. The molecule has 4 aromatic rings. The molecule has 1 aromatic heterocycles. The quantitative estimate of drug-likeness (QED) is 0.366. The molecule has 0 fully saturated rings. The second-order valence-corrected chi connectivity index (χ2v) is 7.51. The molecule has 0 amide bonds. The number of methoxy groups -OCH3 is 3. The van der Waals surface area contributed by atoms with Crippen molar-refractivity contribution in [3.05, 3.63) is 94.3 Å². The number of esters is 1. The summed E-state index contributed by atoms with van der Waals surface area (Å²) in [6.07, 6.45) is 1.52. The Kier molecular flexibility index (Phi) is 6.45. The van der Waals surface area contributed by atoms with Gasteiger partial charge in [-0.05, 0) is 35.4 Å². The molecule has 0 radical (unpaired) electrons. The van der Waals surface area contributed by atoms with E-state index in [-0.39, 0.29) is 17.8 Å². The Morgan fingerprint density at radius 1 is 0.909 bits per heavy atom. The van der Waals surface area contributed by atoms with Crippen molar-refractivity contribution in [2.45, 2.75) is 12.3 Å². The fraction of sp³-hybridized carbons (Fsp3) is 0.185. The number of fused-ring (bicyclic) bond motifs is 1. The summed E-state index contributed by atoms with van der Waals surface area (Å²) in [6.45, 7) is 0. The van der Waals surface area contributed by atoms with E-state index in [1.54, 1.807) is 38.5 Å². The van der Waals surface area contributed by atoms with E-state index < -0.39 is 5.92 Å². The zero-order chi connectivity index (χ0) is 23.4. The molecule has 6 heteroatoms. The molecule has 3 aromatic carbocycles. The molecule has 0 aliphatic rings. The standard InChI is InChI=1S/C27H24O6/c1-30-19-11-9-18(10-12-19)22-16-33-27-20(26(22)29)13-14-23(31-2)25(27)21(15-24(28)32-3)17-7-5-4-6-8-17/h4-14,16,21H,15H2,1-3H3/t21-/m1/s1. The van der Waals surface area contributed by atoms with Gasteiger partial charge in [-0.2, -0.15) is 0 Å². The number of hydrogen-bond donors (Lipinski definition) is 0. The van der Waals surface area contributed by atoms with E-state index in [4.69, 9.17) is 18.6 Å². The fourth-order valence-corrected chi connectivity index (χ4v) is 4.00. The number of hydrogen-bond acceptors (Lipinski definition) is 6. The molecule has 1 atom stereocenters. The molecule has 0 aliphatic carbocycles. The molecule has 0 saturated heterocycles. The molecular formula is C27H24O6. The zero-order valence-corrected chi connectivity index (χ0v) is 18.7. The monoisotopic (exact) mass is 444 g/mol. The van der Waals surface area contributed by atoms with Crippen LogP contribution in [-0.4, -0.2) is 27.3 Å². The first-order valence-corrected chi connectivity index (χ1v) is 10.5. The highest BCUT2D eigenvalue weighted by Gasteiger charge is 2.27. The maximum absolute atomic E-state index is 13.4. The zero-order valence-electron chi connectivity index (χ0n) is 18.7. The lowest BCUT2D eigenvalue weighted by atomic mass is 9.86. The highest BCUT2D eigenvalue weighted by molar-refractivity contribution is 5.87. The van der Waals surface area contributed by atoms with E-state index in [0.29, 0.717) is 33.6 Å². The third-order valence-electron chi connectivity index (χ3n) is 5.71. The summed E-state index contributed by atoms with van der Waals surface area (Å²) in [4.78, 5) is 25.7. The van der Waals surface area contributed by atoms with Gasteiger partial charge in [-0.25, -0.2) is 0 Å². The second kappa shape index (κ2) is 9.61. The van der Waals surface area contributed by atoms with Gasteiger partial charge in [-0.3, -0.25) is 9.59 Å². The molecule has 0 saturated carbocycles. The Morgan fingerprint density at radius 2 is 1.64 bits per heavy atom. The summed E-state index contributed by atoms with van der Waals surface area (Å²) in [5.41, 5.74) is 2.88. The van der Waals surface area contributed by atoms with Gasteiger partial charge in [-0.1, -0.05) is 42.5 Å². The Hall–Kier alpha value is -4.06. The van der Waals surface area contributed by atoms with Crippen molar-refractivity contribution < 1.29 is 23.4 Å². The van der Waals surface area contributed by atoms with Crippen molar-refractivity contribution in [2.75, 3.05) is 21.3 Å². The number of benzene rings is 3. The Morgan fingerprint density at radius 3 is 2.27 bits per heavy atom. The normalized spacial score (nSPS) is 11.7. The van der Waals surface area contributed by atoms with Gasteiger partial charge in [0.25, 0.3) is 0 Å². The minimum absolute atomic E-state index is 0.0694. The van der Waals surface area contributed by atoms with Gasteiger partial charge >= 0.3 is 5.97 Å². The highest BCUT2D eigenvalue weighted by atomic mass is 16.5. The number of carbonyl (C=O) groups excluding carboxylic acids is 1. The number of ether oxygens (including phenoxy) is 3. The molecule has 6 nitrogen and oxygen atoms in total. The third kappa shape index (κ3) is 4.32. The second-order valence-electron chi connectivity index (χ2n) is 7.51. The van der Waals surface area contributed by atoms with E-state index in [1.807, 2.05) is 42.5 Å². The van der Waals surface area contributed by atoms with Crippen LogP contribution in [0.15, 0.2) is 82.2 Å². The Labute approximate surface area is 191 Å². The van der Waals surface area contributed by atoms with E-state index in [9.17, 15) is 9.59 Å². The lowest BCUT2D eigenvalue weighted by Crippen LogP contribution is -2.13. The van der Waals surface area contributed by atoms with Gasteiger partial charge < -0.3 is 18.6 Å². The largest absolute Gasteiger partial charge is 0.497 e. The predicted octanol–water partition coefficient (Wildman–Crippen LogP) is 5.17. The van der Waals surface area contributed by atoms with Gasteiger partial charge in [0.2, 0.25) is 5.43 Å². The molecule has 168 valence electrons. The molecule has 0 bridgehead atoms. The van der Waals surface area contributed by atoms with Crippen molar-refractivity contribution in [2.24, 2.45) is 0 Å². The maximum Gasteiger partial charge on any atom is 0.306 e. The molecule has 0 N–H and O–H groups in total. The average molecular weight is 444 g/mol. The van der Waals surface area contributed by atoms with Gasteiger partial charge in [0.1, 0.15) is 23.3 Å².